The Morgan fingerprint density at radius 3 is 2.36 bits per heavy atom. The number of piperazine rings is 1. The molecule has 0 saturated carbocycles. The number of aromatic nitrogens is 1. The Bertz CT molecular complexity index is 545. The van der Waals surface area contributed by atoms with Gasteiger partial charge in [-0.05, 0) is 25.0 Å². The zero-order valence-corrected chi connectivity index (χ0v) is 16.4. The molecule has 3 rings (SSSR count). The third-order valence-electron chi connectivity index (χ3n) is 4.90. The van der Waals surface area contributed by atoms with Crippen LogP contribution in [-0.2, 0) is 9.53 Å². The number of pyridine rings is 1. The van der Waals surface area contributed by atoms with Crippen LogP contribution in [0.1, 0.15) is 12.8 Å². The Morgan fingerprint density at radius 1 is 1.20 bits per heavy atom. The van der Waals surface area contributed by atoms with Gasteiger partial charge in [-0.2, -0.15) is 0 Å². The Morgan fingerprint density at radius 2 is 1.84 bits per heavy atom. The molecule has 1 aromatic rings. The van der Waals surface area contributed by atoms with Gasteiger partial charge in [-0.3, -0.25) is 4.79 Å². The summed E-state index contributed by atoms with van der Waals surface area (Å²) in [7, 11) is 0. The highest BCUT2D eigenvalue weighted by Crippen LogP contribution is 2.32. The first-order valence-corrected chi connectivity index (χ1v) is 8.46. The molecule has 0 bridgehead atoms. The van der Waals surface area contributed by atoms with Crippen molar-refractivity contribution in [2.45, 2.75) is 12.8 Å². The molecule has 6 nitrogen and oxygen atoms in total. The van der Waals surface area contributed by atoms with Crippen LogP contribution in [-0.4, -0.2) is 61.7 Å². The van der Waals surface area contributed by atoms with E-state index < -0.39 is 5.41 Å². The summed E-state index contributed by atoms with van der Waals surface area (Å²) in [6.07, 6.45) is 3.10. The maximum Gasteiger partial charge on any atom is 0.230 e. The van der Waals surface area contributed by atoms with Crippen molar-refractivity contribution in [2.24, 2.45) is 11.1 Å². The van der Waals surface area contributed by atoms with Gasteiger partial charge in [0.25, 0.3) is 0 Å². The molecule has 142 valence electrons. The van der Waals surface area contributed by atoms with Gasteiger partial charge in [0.1, 0.15) is 5.82 Å². The SMILES string of the molecule is Cl.Cl.NCC1(C(=O)N2CCN(c3ccc(Cl)cn3)CC2)CCOCC1. The molecule has 0 spiro atoms. The average molecular weight is 412 g/mol. The summed E-state index contributed by atoms with van der Waals surface area (Å²) in [4.78, 5) is 21.4. The van der Waals surface area contributed by atoms with Crippen molar-refractivity contribution in [1.82, 2.24) is 9.88 Å². The fourth-order valence-corrected chi connectivity index (χ4v) is 3.41. The zero-order chi connectivity index (χ0) is 16.3. The van der Waals surface area contributed by atoms with Gasteiger partial charge >= 0.3 is 0 Å². The summed E-state index contributed by atoms with van der Waals surface area (Å²) < 4.78 is 5.40. The standard InChI is InChI=1S/C16H23ClN4O2.2ClH/c17-13-1-2-14(19-11-13)20-5-7-21(8-6-20)15(22)16(12-18)3-9-23-10-4-16;;/h1-2,11H,3-10,12,18H2;2*1H. The molecule has 2 N–H and O–H groups in total. The maximum atomic E-state index is 12.9. The number of nitrogens with two attached hydrogens (primary N) is 1. The van der Waals surface area contributed by atoms with Gasteiger partial charge in [0.15, 0.2) is 0 Å². The first kappa shape index (κ1) is 22.3. The van der Waals surface area contributed by atoms with E-state index in [1.807, 2.05) is 17.0 Å². The fraction of sp³-hybridized carbons (Fsp3) is 0.625. The summed E-state index contributed by atoms with van der Waals surface area (Å²) >= 11 is 5.88. The van der Waals surface area contributed by atoms with Gasteiger partial charge in [-0.1, -0.05) is 11.6 Å². The summed E-state index contributed by atoms with van der Waals surface area (Å²) in [6.45, 7) is 4.59. The predicted molar refractivity (Wildman–Crippen MR) is 104 cm³/mol. The molecule has 0 atom stereocenters. The number of ether oxygens (including phenoxy) is 1. The second-order valence-electron chi connectivity index (χ2n) is 6.21. The fourth-order valence-electron chi connectivity index (χ4n) is 3.30. The molecule has 2 saturated heterocycles. The first-order valence-electron chi connectivity index (χ1n) is 8.08. The van der Waals surface area contributed by atoms with Crippen LogP contribution in [0.3, 0.4) is 0 Å². The lowest BCUT2D eigenvalue weighted by Crippen LogP contribution is -2.56. The summed E-state index contributed by atoms with van der Waals surface area (Å²) in [5.41, 5.74) is 5.51. The van der Waals surface area contributed by atoms with Crippen molar-refractivity contribution in [3.63, 3.8) is 0 Å². The summed E-state index contributed by atoms with van der Waals surface area (Å²) in [5.74, 6) is 1.09. The van der Waals surface area contributed by atoms with E-state index in [0.717, 1.165) is 31.7 Å². The Balaban J connectivity index is 0.00000156. The van der Waals surface area contributed by atoms with Crippen LogP contribution in [0.25, 0.3) is 0 Å². The van der Waals surface area contributed by atoms with Crippen LogP contribution in [0.15, 0.2) is 18.3 Å². The lowest BCUT2D eigenvalue weighted by molar-refractivity contribution is -0.147. The summed E-state index contributed by atoms with van der Waals surface area (Å²) in [6, 6.07) is 3.76. The molecule has 0 radical (unpaired) electrons. The lowest BCUT2D eigenvalue weighted by Gasteiger charge is -2.42. The van der Waals surface area contributed by atoms with E-state index in [0.29, 0.717) is 37.9 Å². The molecular formula is C16H25Cl3N4O2. The van der Waals surface area contributed by atoms with Gasteiger partial charge in [-0.15, -0.1) is 24.8 Å². The van der Waals surface area contributed by atoms with Gasteiger partial charge in [0, 0.05) is 52.1 Å². The summed E-state index contributed by atoms with van der Waals surface area (Å²) in [5, 5.41) is 0.631. The minimum Gasteiger partial charge on any atom is -0.381 e. The molecule has 2 aliphatic rings. The number of rotatable bonds is 3. The van der Waals surface area contributed by atoms with Gasteiger partial charge in [0.2, 0.25) is 5.91 Å². The normalized spacial score (nSPS) is 19.6. The molecule has 1 amide bonds. The van der Waals surface area contributed by atoms with E-state index in [1.54, 1.807) is 6.20 Å². The van der Waals surface area contributed by atoms with Crippen LogP contribution in [0, 0.1) is 5.41 Å². The number of hydrogen-bond donors (Lipinski definition) is 1. The Kier molecular flexibility index (Phi) is 8.71. The molecule has 0 aromatic carbocycles. The average Bonchev–Trinajstić information content (AvgIpc) is 2.62. The number of carbonyl (C=O) groups is 1. The highest BCUT2D eigenvalue weighted by molar-refractivity contribution is 6.30. The smallest absolute Gasteiger partial charge is 0.230 e. The van der Waals surface area contributed by atoms with E-state index in [2.05, 4.69) is 9.88 Å². The van der Waals surface area contributed by atoms with Crippen molar-refractivity contribution in [2.75, 3.05) is 50.8 Å². The largest absolute Gasteiger partial charge is 0.381 e. The van der Waals surface area contributed by atoms with E-state index in [1.165, 1.54) is 0 Å². The van der Waals surface area contributed by atoms with Crippen molar-refractivity contribution in [1.29, 1.82) is 0 Å². The minimum atomic E-state index is -0.432. The highest BCUT2D eigenvalue weighted by Gasteiger charge is 2.42. The second-order valence-corrected chi connectivity index (χ2v) is 6.65. The number of anilines is 1. The first-order chi connectivity index (χ1) is 11.1. The quantitative estimate of drug-likeness (QED) is 0.823. The van der Waals surface area contributed by atoms with Crippen LogP contribution >= 0.6 is 36.4 Å². The maximum absolute atomic E-state index is 12.9. The Labute approximate surface area is 165 Å². The number of nitrogens with zero attached hydrogens (tertiary/aromatic N) is 3. The molecule has 9 heteroatoms. The lowest BCUT2D eigenvalue weighted by atomic mass is 9.78. The number of hydrogen-bond acceptors (Lipinski definition) is 5. The van der Waals surface area contributed by atoms with E-state index >= 15 is 0 Å². The van der Waals surface area contributed by atoms with Gasteiger partial charge < -0.3 is 20.3 Å². The monoisotopic (exact) mass is 410 g/mol. The molecule has 25 heavy (non-hydrogen) atoms. The third-order valence-corrected chi connectivity index (χ3v) is 5.12. The van der Waals surface area contributed by atoms with E-state index in [4.69, 9.17) is 22.1 Å². The minimum absolute atomic E-state index is 0. The predicted octanol–water partition coefficient (Wildman–Crippen LogP) is 1.98. The number of amides is 1. The molecule has 0 aliphatic carbocycles. The second kappa shape index (κ2) is 9.78. The van der Waals surface area contributed by atoms with Crippen LogP contribution in [0.4, 0.5) is 5.82 Å². The van der Waals surface area contributed by atoms with Crippen molar-refractivity contribution < 1.29 is 9.53 Å². The van der Waals surface area contributed by atoms with E-state index in [9.17, 15) is 4.79 Å². The van der Waals surface area contributed by atoms with Crippen molar-refractivity contribution in [3.05, 3.63) is 23.4 Å². The van der Waals surface area contributed by atoms with Crippen molar-refractivity contribution in [3.8, 4) is 0 Å². The molecule has 3 heterocycles. The molecule has 0 unspecified atom stereocenters. The molecule has 1 aromatic heterocycles. The van der Waals surface area contributed by atoms with Crippen LogP contribution < -0.4 is 10.6 Å². The number of carbonyl (C=O) groups excluding carboxylic acids is 1. The Hall–Kier alpha value is -0.790. The third kappa shape index (κ3) is 4.89. The topological polar surface area (TPSA) is 71.7 Å². The van der Waals surface area contributed by atoms with E-state index in [-0.39, 0.29) is 30.7 Å². The van der Waals surface area contributed by atoms with Crippen molar-refractivity contribution >= 4 is 48.1 Å². The van der Waals surface area contributed by atoms with Crippen LogP contribution in [0.2, 0.25) is 5.02 Å². The number of halogens is 3. The molecule has 2 fully saturated rings. The zero-order valence-electron chi connectivity index (χ0n) is 14.0. The van der Waals surface area contributed by atoms with Crippen LogP contribution in [0.5, 0.6) is 0 Å². The highest BCUT2D eigenvalue weighted by atomic mass is 35.5. The van der Waals surface area contributed by atoms with Gasteiger partial charge in [-0.25, -0.2) is 4.98 Å². The molecular weight excluding hydrogens is 387 g/mol. The van der Waals surface area contributed by atoms with Gasteiger partial charge in [0.05, 0.1) is 10.4 Å². The molecule has 2 aliphatic heterocycles.